The normalized spacial score (nSPS) is 38.6. The minimum Gasteiger partial charge on any atom is -0.281 e. The Morgan fingerprint density at radius 3 is 0.900 bits per heavy atom. The van der Waals surface area contributed by atoms with Crippen molar-refractivity contribution in [2.45, 2.75) is 0 Å². The van der Waals surface area contributed by atoms with Crippen molar-refractivity contribution in [3.8, 4) is 0 Å². The summed E-state index contributed by atoms with van der Waals surface area (Å²) in [7, 11) is 0. The fourth-order valence-electron chi connectivity index (χ4n) is 3.31. The van der Waals surface area contributed by atoms with Gasteiger partial charge in [0.1, 0.15) is 0 Å². The molecule has 0 aromatic carbocycles. The minimum absolute atomic E-state index is 0.754. The van der Waals surface area contributed by atoms with E-state index in [1.165, 1.54) is 0 Å². The molecule has 0 heterocycles. The molecule has 3 aliphatic carbocycles. The second kappa shape index (κ2) is 5.76. The van der Waals surface area contributed by atoms with Crippen molar-refractivity contribution < 1.29 is 19.2 Å². The minimum atomic E-state index is -0.975. The van der Waals surface area contributed by atoms with Crippen LogP contribution < -0.4 is 0 Å². The molecule has 108 valence electrons. The van der Waals surface area contributed by atoms with E-state index >= 15 is 0 Å². The highest BCUT2D eigenvalue weighted by molar-refractivity contribution is 6.68. The topological polar surface area (TPSA) is 68.3 Å². The Labute approximate surface area is 134 Å². The number of hydrogen-bond donors (Lipinski definition) is 0. The molecule has 0 amide bonds. The van der Waals surface area contributed by atoms with E-state index in [9.17, 15) is 19.2 Å². The van der Waals surface area contributed by atoms with Crippen LogP contribution in [0.2, 0.25) is 0 Å². The predicted octanol–water partition coefficient (Wildman–Crippen LogP) is 2.33. The van der Waals surface area contributed by atoms with Crippen molar-refractivity contribution in [2.75, 3.05) is 0 Å². The maximum Gasteiger partial charge on any atom is 0.226 e. The van der Waals surface area contributed by atoms with Crippen molar-refractivity contribution >= 4 is 67.4 Å². The second-order valence-corrected chi connectivity index (χ2v) is 6.35. The lowest BCUT2D eigenvalue weighted by Crippen LogP contribution is -2.55. The Morgan fingerprint density at radius 1 is 0.550 bits per heavy atom. The third-order valence-corrected chi connectivity index (χ3v) is 5.04. The number of carbonyl (C=O) groups is 4. The number of carbonyl (C=O) groups excluding carboxylic acids is 4. The number of fused-ring (bicyclic) bond motifs is 2. The van der Waals surface area contributed by atoms with E-state index in [2.05, 4.69) is 0 Å². The third kappa shape index (κ3) is 2.43. The third-order valence-electron chi connectivity index (χ3n) is 4.04. The lowest BCUT2D eigenvalue weighted by atomic mass is 9.54. The summed E-state index contributed by atoms with van der Waals surface area (Å²) in [6, 6.07) is 0. The zero-order valence-electron chi connectivity index (χ0n) is 9.76. The molecule has 0 saturated heterocycles. The zero-order chi connectivity index (χ0) is 15.2. The van der Waals surface area contributed by atoms with Gasteiger partial charge in [-0.3, -0.25) is 19.2 Å². The molecule has 2 bridgehead atoms. The maximum atomic E-state index is 11.6. The van der Waals surface area contributed by atoms with Crippen LogP contribution in [0.3, 0.4) is 0 Å². The van der Waals surface area contributed by atoms with Crippen LogP contribution in [-0.4, -0.2) is 21.0 Å². The lowest BCUT2D eigenvalue weighted by Gasteiger charge is -2.48. The fourth-order valence-corrected chi connectivity index (χ4v) is 4.43. The van der Waals surface area contributed by atoms with E-state index in [0.717, 1.165) is 0 Å². The van der Waals surface area contributed by atoms with Gasteiger partial charge in [0.05, 0.1) is 23.7 Å². The van der Waals surface area contributed by atoms with Crippen molar-refractivity contribution in [1.82, 2.24) is 0 Å². The van der Waals surface area contributed by atoms with Gasteiger partial charge in [-0.1, -0.05) is 12.2 Å². The fraction of sp³-hybridized carbons (Fsp3) is 0.500. The van der Waals surface area contributed by atoms with Gasteiger partial charge >= 0.3 is 0 Å². The van der Waals surface area contributed by atoms with E-state index in [-0.39, 0.29) is 0 Å². The Bertz CT molecular complexity index is 444. The highest BCUT2D eigenvalue weighted by Gasteiger charge is 2.59. The van der Waals surface area contributed by atoms with Crippen LogP contribution >= 0.6 is 46.4 Å². The SMILES string of the molecule is O=C(Cl)C1C2C=CC(C1C(=O)Cl)C(C(=O)Cl)C2C(=O)Cl. The summed E-state index contributed by atoms with van der Waals surface area (Å²) in [6.45, 7) is 0. The van der Waals surface area contributed by atoms with E-state index < -0.39 is 56.5 Å². The average molecular weight is 358 g/mol. The van der Waals surface area contributed by atoms with Crippen molar-refractivity contribution in [2.24, 2.45) is 35.5 Å². The van der Waals surface area contributed by atoms with Crippen LogP contribution in [0.15, 0.2) is 12.2 Å². The van der Waals surface area contributed by atoms with E-state index in [0.29, 0.717) is 0 Å². The molecule has 0 spiro atoms. The van der Waals surface area contributed by atoms with E-state index in [4.69, 9.17) is 46.4 Å². The monoisotopic (exact) mass is 356 g/mol. The first kappa shape index (κ1) is 16.0. The summed E-state index contributed by atoms with van der Waals surface area (Å²) < 4.78 is 0. The van der Waals surface area contributed by atoms with Gasteiger partial charge in [-0.2, -0.15) is 0 Å². The van der Waals surface area contributed by atoms with Crippen molar-refractivity contribution in [3.05, 3.63) is 12.2 Å². The summed E-state index contributed by atoms with van der Waals surface area (Å²) in [5.74, 6) is -5.41. The molecule has 20 heavy (non-hydrogen) atoms. The first-order valence-electron chi connectivity index (χ1n) is 5.73. The molecular weight excluding hydrogens is 350 g/mol. The Kier molecular flexibility index (Phi) is 4.59. The average Bonchev–Trinajstić information content (AvgIpc) is 2.36. The van der Waals surface area contributed by atoms with Gasteiger partial charge in [0.2, 0.25) is 21.0 Å². The molecule has 0 radical (unpaired) electrons. The smallest absolute Gasteiger partial charge is 0.226 e. The maximum absolute atomic E-state index is 11.6. The van der Waals surface area contributed by atoms with Gasteiger partial charge in [0.25, 0.3) is 0 Å². The summed E-state index contributed by atoms with van der Waals surface area (Å²) in [4.78, 5) is 46.4. The molecule has 0 N–H and O–H groups in total. The molecule has 1 saturated carbocycles. The van der Waals surface area contributed by atoms with Gasteiger partial charge in [0, 0.05) is 11.8 Å². The Morgan fingerprint density at radius 2 is 0.750 bits per heavy atom. The predicted molar refractivity (Wildman–Crippen MR) is 73.5 cm³/mol. The van der Waals surface area contributed by atoms with Crippen molar-refractivity contribution in [3.63, 3.8) is 0 Å². The zero-order valence-corrected chi connectivity index (χ0v) is 12.8. The highest BCUT2D eigenvalue weighted by Crippen LogP contribution is 2.53. The Balaban J connectivity index is 2.56. The standard InChI is InChI=1S/C12H8Cl4O4/c13-9(17)5-3-1-2-4(7(5)11(15)19)8(12(16)20)6(3)10(14)18/h1-8H. The lowest BCUT2D eigenvalue weighted by molar-refractivity contribution is -0.143. The molecule has 4 unspecified atom stereocenters. The molecule has 4 nitrogen and oxygen atoms in total. The first-order valence-corrected chi connectivity index (χ1v) is 7.24. The van der Waals surface area contributed by atoms with Crippen LogP contribution in [0, 0.1) is 35.5 Å². The van der Waals surface area contributed by atoms with Crippen molar-refractivity contribution in [1.29, 1.82) is 0 Å². The summed E-state index contributed by atoms with van der Waals surface area (Å²) >= 11 is 22.1. The quantitative estimate of drug-likeness (QED) is 0.572. The van der Waals surface area contributed by atoms with Gasteiger partial charge < -0.3 is 0 Å². The molecular formula is C12H8Cl4O4. The molecule has 8 heteroatoms. The molecule has 0 aromatic heterocycles. The molecule has 3 aliphatic rings. The van der Waals surface area contributed by atoms with Gasteiger partial charge in [-0.05, 0) is 46.4 Å². The Hall–Kier alpha value is -0.420. The second-order valence-electron chi connectivity index (χ2n) is 4.86. The number of halogens is 4. The summed E-state index contributed by atoms with van der Waals surface area (Å²) in [6.07, 6.45) is 3.15. The number of rotatable bonds is 4. The van der Waals surface area contributed by atoms with Crippen LogP contribution in [0.4, 0.5) is 0 Å². The molecule has 0 aliphatic heterocycles. The first-order chi connectivity index (χ1) is 9.27. The number of hydrogen-bond acceptors (Lipinski definition) is 4. The van der Waals surface area contributed by atoms with Gasteiger partial charge in [-0.25, -0.2) is 0 Å². The summed E-state index contributed by atoms with van der Waals surface area (Å²) in [5.41, 5.74) is 0. The molecule has 1 fully saturated rings. The van der Waals surface area contributed by atoms with Crippen LogP contribution in [0.5, 0.6) is 0 Å². The van der Waals surface area contributed by atoms with Gasteiger partial charge in [-0.15, -0.1) is 0 Å². The van der Waals surface area contributed by atoms with Gasteiger partial charge in [0.15, 0.2) is 0 Å². The highest BCUT2D eigenvalue weighted by atomic mass is 35.5. The molecule has 3 rings (SSSR count). The molecule has 0 aromatic rings. The van der Waals surface area contributed by atoms with Crippen LogP contribution in [0.25, 0.3) is 0 Å². The summed E-state index contributed by atoms with van der Waals surface area (Å²) in [5, 5.41) is -3.14. The largest absolute Gasteiger partial charge is 0.281 e. The van der Waals surface area contributed by atoms with E-state index in [1.807, 2.05) is 0 Å². The molecule has 4 atom stereocenters. The van der Waals surface area contributed by atoms with Crippen LogP contribution in [-0.2, 0) is 19.2 Å². The van der Waals surface area contributed by atoms with E-state index in [1.54, 1.807) is 12.2 Å². The number of allylic oxidation sites excluding steroid dienone is 2. The van der Waals surface area contributed by atoms with Crippen LogP contribution in [0.1, 0.15) is 0 Å².